The third kappa shape index (κ3) is 3.07. The Morgan fingerprint density at radius 3 is 3.00 bits per heavy atom. The summed E-state index contributed by atoms with van der Waals surface area (Å²) in [7, 11) is 0. The Morgan fingerprint density at radius 1 is 1.38 bits per heavy atom. The van der Waals surface area contributed by atoms with Gasteiger partial charge in [0.25, 0.3) is 5.91 Å². The Morgan fingerprint density at radius 2 is 2.23 bits per heavy atom. The maximum atomic E-state index is 12.7. The van der Waals surface area contributed by atoms with Crippen LogP contribution in [-0.2, 0) is 12.8 Å². The molecule has 134 valence electrons. The van der Waals surface area contributed by atoms with Crippen LogP contribution in [0.5, 0.6) is 0 Å². The molecule has 0 radical (unpaired) electrons. The fourth-order valence-corrected chi connectivity index (χ4v) is 4.69. The molecule has 1 aliphatic rings. The van der Waals surface area contributed by atoms with E-state index in [-0.39, 0.29) is 5.91 Å². The monoisotopic (exact) mass is 365 g/mol. The zero-order valence-electron chi connectivity index (χ0n) is 15.1. The number of fused-ring (bicyclic) bond motifs is 2. The molecule has 5 heteroatoms. The third-order valence-electron chi connectivity index (χ3n) is 5.25. The molecule has 0 saturated carbocycles. The van der Waals surface area contributed by atoms with Crippen LogP contribution in [0.3, 0.4) is 0 Å². The van der Waals surface area contributed by atoms with Crippen molar-refractivity contribution in [2.45, 2.75) is 39.5 Å². The second kappa shape index (κ2) is 6.72. The summed E-state index contributed by atoms with van der Waals surface area (Å²) < 4.78 is 0. The van der Waals surface area contributed by atoms with E-state index in [0.717, 1.165) is 40.2 Å². The third-order valence-corrected chi connectivity index (χ3v) is 6.36. The minimum absolute atomic E-state index is 0.166. The number of amides is 1. The number of benzene rings is 1. The summed E-state index contributed by atoms with van der Waals surface area (Å²) in [5, 5.41) is 3.87. The van der Waals surface area contributed by atoms with Crippen LogP contribution in [0.25, 0.3) is 10.2 Å². The molecule has 1 unspecified atom stereocenters. The van der Waals surface area contributed by atoms with E-state index in [1.807, 2.05) is 31.2 Å². The van der Waals surface area contributed by atoms with Crippen LogP contribution in [0.1, 0.15) is 46.3 Å². The lowest BCUT2D eigenvalue weighted by Gasteiger charge is -2.22. The van der Waals surface area contributed by atoms with Crippen LogP contribution < -0.4 is 11.1 Å². The number of carbonyl (C=O) groups is 1. The number of nitrogens with one attached hydrogen (secondary N) is 1. The molecule has 3 N–H and O–H groups in total. The van der Waals surface area contributed by atoms with Gasteiger partial charge in [0.15, 0.2) is 0 Å². The molecule has 3 aromatic rings. The smallest absolute Gasteiger partial charge is 0.267 e. The van der Waals surface area contributed by atoms with E-state index in [9.17, 15) is 4.79 Å². The maximum absolute atomic E-state index is 12.7. The van der Waals surface area contributed by atoms with Crippen molar-refractivity contribution in [3.05, 3.63) is 52.0 Å². The summed E-state index contributed by atoms with van der Waals surface area (Å²) >= 11 is 1.39. The Hall–Kier alpha value is -2.40. The van der Waals surface area contributed by atoms with Crippen LogP contribution in [0.15, 0.2) is 30.3 Å². The van der Waals surface area contributed by atoms with Crippen molar-refractivity contribution in [1.29, 1.82) is 0 Å². The van der Waals surface area contributed by atoms with Crippen molar-refractivity contribution in [2.24, 2.45) is 5.92 Å². The van der Waals surface area contributed by atoms with E-state index in [1.54, 1.807) is 0 Å². The Labute approximate surface area is 157 Å². The second-order valence-corrected chi connectivity index (χ2v) is 8.13. The van der Waals surface area contributed by atoms with Crippen molar-refractivity contribution in [3.8, 4) is 0 Å². The molecule has 1 amide bonds. The fourth-order valence-electron chi connectivity index (χ4n) is 3.69. The number of hydrogen-bond acceptors (Lipinski definition) is 4. The van der Waals surface area contributed by atoms with Gasteiger partial charge in [-0.05, 0) is 61.4 Å². The summed E-state index contributed by atoms with van der Waals surface area (Å²) in [6, 6.07) is 9.93. The van der Waals surface area contributed by atoms with Crippen molar-refractivity contribution in [3.63, 3.8) is 0 Å². The number of carbonyl (C=O) groups excluding carboxylic acids is 1. The van der Waals surface area contributed by atoms with E-state index in [0.29, 0.717) is 10.6 Å². The van der Waals surface area contributed by atoms with Gasteiger partial charge in [-0.3, -0.25) is 4.79 Å². The van der Waals surface area contributed by atoms with Gasteiger partial charge in [-0.25, -0.2) is 4.98 Å². The average Bonchev–Trinajstić information content (AvgIpc) is 2.95. The lowest BCUT2D eigenvalue weighted by atomic mass is 9.85. The highest BCUT2D eigenvalue weighted by molar-refractivity contribution is 7.21. The van der Waals surface area contributed by atoms with Crippen molar-refractivity contribution < 1.29 is 4.79 Å². The lowest BCUT2D eigenvalue weighted by Crippen LogP contribution is -2.14. The number of hydrogen-bond donors (Lipinski definition) is 2. The van der Waals surface area contributed by atoms with Crippen LogP contribution in [0.2, 0.25) is 0 Å². The minimum atomic E-state index is -0.166. The molecule has 1 aromatic carbocycles. The van der Waals surface area contributed by atoms with Crippen molar-refractivity contribution >= 4 is 38.8 Å². The highest BCUT2D eigenvalue weighted by Crippen LogP contribution is 2.37. The zero-order chi connectivity index (χ0) is 18.3. The van der Waals surface area contributed by atoms with Crippen LogP contribution in [0.4, 0.5) is 11.4 Å². The quantitative estimate of drug-likeness (QED) is 0.690. The first kappa shape index (κ1) is 17.0. The van der Waals surface area contributed by atoms with E-state index in [1.165, 1.54) is 35.4 Å². The largest absolute Gasteiger partial charge is 0.397 e. The van der Waals surface area contributed by atoms with Crippen LogP contribution in [-0.4, -0.2) is 10.9 Å². The SMILES string of the molecule is CCC1CCc2nc3sc(C(=O)Nc4cccc(C)c4)c(N)c3cc2C1. The number of aromatic nitrogens is 1. The predicted octanol–water partition coefficient (Wildman–Crippen LogP) is 4.95. The van der Waals surface area contributed by atoms with Gasteiger partial charge < -0.3 is 11.1 Å². The van der Waals surface area contributed by atoms with Crippen LogP contribution in [0, 0.1) is 12.8 Å². The first-order chi connectivity index (χ1) is 12.5. The Kier molecular flexibility index (Phi) is 4.41. The number of aryl methyl sites for hydroxylation is 2. The van der Waals surface area contributed by atoms with Gasteiger partial charge in [-0.15, -0.1) is 11.3 Å². The number of pyridine rings is 1. The zero-order valence-corrected chi connectivity index (χ0v) is 16.0. The van der Waals surface area contributed by atoms with Gasteiger partial charge in [-0.1, -0.05) is 25.5 Å². The molecule has 0 spiro atoms. The van der Waals surface area contributed by atoms with Gasteiger partial charge in [0.1, 0.15) is 9.71 Å². The summed E-state index contributed by atoms with van der Waals surface area (Å²) in [6.07, 6.45) is 4.48. The molecule has 26 heavy (non-hydrogen) atoms. The molecule has 4 rings (SSSR count). The highest BCUT2D eigenvalue weighted by atomic mass is 32.1. The molecule has 1 aliphatic carbocycles. The topological polar surface area (TPSA) is 68.0 Å². The molecule has 1 atom stereocenters. The molecule has 0 fully saturated rings. The normalized spacial score (nSPS) is 16.5. The van der Waals surface area contributed by atoms with E-state index < -0.39 is 0 Å². The molecule has 2 heterocycles. The van der Waals surface area contributed by atoms with E-state index in [4.69, 9.17) is 10.7 Å². The summed E-state index contributed by atoms with van der Waals surface area (Å²) in [4.78, 5) is 19.0. The number of rotatable bonds is 3. The standard InChI is InChI=1S/C21H23N3OS/c1-3-13-7-8-17-14(10-13)11-16-18(22)19(26-21(16)24-17)20(25)23-15-6-4-5-12(2)9-15/h4-6,9,11,13H,3,7-8,10,22H2,1-2H3,(H,23,25). The number of nitrogens with zero attached hydrogens (tertiary/aromatic N) is 1. The number of anilines is 2. The van der Waals surface area contributed by atoms with Gasteiger partial charge in [0.2, 0.25) is 0 Å². The number of thiophene rings is 1. The molecule has 4 nitrogen and oxygen atoms in total. The molecular weight excluding hydrogens is 342 g/mol. The minimum Gasteiger partial charge on any atom is -0.397 e. The Balaban J connectivity index is 1.68. The van der Waals surface area contributed by atoms with Gasteiger partial charge in [0, 0.05) is 16.8 Å². The molecule has 0 aliphatic heterocycles. The summed E-state index contributed by atoms with van der Waals surface area (Å²) in [6.45, 7) is 4.25. The lowest BCUT2D eigenvalue weighted by molar-refractivity contribution is 0.103. The highest BCUT2D eigenvalue weighted by Gasteiger charge is 2.23. The number of nitrogens with two attached hydrogens (primary N) is 1. The molecule has 0 bridgehead atoms. The number of nitrogen functional groups attached to an aromatic ring is 1. The Bertz CT molecular complexity index is 992. The van der Waals surface area contributed by atoms with Gasteiger partial charge >= 0.3 is 0 Å². The first-order valence-corrected chi connectivity index (χ1v) is 9.95. The second-order valence-electron chi connectivity index (χ2n) is 7.13. The van der Waals surface area contributed by atoms with E-state index >= 15 is 0 Å². The first-order valence-electron chi connectivity index (χ1n) is 9.14. The predicted molar refractivity (Wildman–Crippen MR) is 109 cm³/mol. The van der Waals surface area contributed by atoms with Gasteiger partial charge in [0.05, 0.1) is 5.69 Å². The fraction of sp³-hybridized carbons (Fsp3) is 0.333. The van der Waals surface area contributed by atoms with Crippen LogP contribution >= 0.6 is 11.3 Å². The van der Waals surface area contributed by atoms with E-state index in [2.05, 4.69) is 18.3 Å². The van der Waals surface area contributed by atoms with Gasteiger partial charge in [-0.2, -0.15) is 0 Å². The van der Waals surface area contributed by atoms with Crippen molar-refractivity contribution in [1.82, 2.24) is 4.98 Å². The van der Waals surface area contributed by atoms with Crippen molar-refractivity contribution in [2.75, 3.05) is 11.1 Å². The molecule has 2 aromatic heterocycles. The molecular formula is C21H23N3OS. The summed E-state index contributed by atoms with van der Waals surface area (Å²) in [5.41, 5.74) is 11.2. The maximum Gasteiger partial charge on any atom is 0.267 e. The molecule has 0 saturated heterocycles. The average molecular weight is 366 g/mol. The summed E-state index contributed by atoms with van der Waals surface area (Å²) in [5.74, 6) is 0.561.